The first-order valence-corrected chi connectivity index (χ1v) is 10.6. The summed E-state index contributed by atoms with van der Waals surface area (Å²) in [6, 6.07) is 9.90. The van der Waals surface area contributed by atoms with Gasteiger partial charge in [0.2, 0.25) is 0 Å². The smallest absolute Gasteiger partial charge is 0.0946 e. The van der Waals surface area contributed by atoms with Crippen molar-refractivity contribution in [2.45, 2.75) is 55.6 Å². The van der Waals surface area contributed by atoms with Crippen LogP contribution in [0.3, 0.4) is 0 Å². The minimum absolute atomic E-state index is 0.178. The van der Waals surface area contributed by atoms with Crippen LogP contribution in [0.1, 0.15) is 55.1 Å². The van der Waals surface area contributed by atoms with Crippen LogP contribution >= 0.6 is 0 Å². The topological polar surface area (TPSA) is 33.7 Å². The van der Waals surface area contributed by atoms with Gasteiger partial charge >= 0.3 is 0 Å². The van der Waals surface area contributed by atoms with Gasteiger partial charge in [-0.25, -0.2) is 0 Å². The Morgan fingerprint density at radius 2 is 1.58 bits per heavy atom. The number of piperidine rings is 1. The Morgan fingerprint density at radius 1 is 0.923 bits per heavy atom. The molecule has 142 valence electrons. The molecule has 26 heavy (non-hydrogen) atoms. The maximum atomic E-state index is 6.14. The van der Waals surface area contributed by atoms with E-state index in [2.05, 4.69) is 34.5 Å². The third-order valence-electron chi connectivity index (χ3n) is 7.23. The second-order valence-electron chi connectivity index (χ2n) is 8.78. The first-order valence-electron chi connectivity index (χ1n) is 10.6. The minimum atomic E-state index is 0.178. The van der Waals surface area contributed by atoms with Crippen LogP contribution in [0.2, 0.25) is 0 Å². The Labute approximate surface area is 157 Å². The summed E-state index contributed by atoms with van der Waals surface area (Å²) in [5, 5.41) is 3.38. The number of nitrogens with zero attached hydrogens (tertiary/aromatic N) is 1. The number of hydrogen-bond donors (Lipinski definition) is 1. The molecule has 4 fully saturated rings. The lowest BCUT2D eigenvalue weighted by molar-refractivity contribution is -0.0367. The SMILES string of the molecule is c1ccc(C2CCN([C@@H]3COC4(CNC4)C3)CC2)c(C2CCOCC2)c1. The average Bonchev–Trinajstić information content (AvgIpc) is 3.15. The summed E-state index contributed by atoms with van der Waals surface area (Å²) in [6.07, 6.45) is 6.18. The van der Waals surface area contributed by atoms with E-state index in [9.17, 15) is 0 Å². The van der Waals surface area contributed by atoms with Crippen LogP contribution in [0.4, 0.5) is 0 Å². The third kappa shape index (κ3) is 3.22. The van der Waals surface area contributed by atoms with Gasteiger partial charge in [-0.05, 0) is 68.2 Å². The normalized spacial score (nSPS) is 30.5. The number of likely N-dealkylation sites (tertiary alicyclic amines) is 1. The van der Waals surface area contributed by atoms with E-state index in [0.29, 0.717) is 12.0 Å². The van der Waals surface area contributed by atoms with Crippen molar-refractivity contribution in [3.8, 4) is 0 Å². The molecule has 0 saturated carbocycles. The summed E-state index contributed by atoms with van der Waals surface area (Å²) in [4.78, 5) is 2.71. The molecule has 0 aliphatic carbocycles. The molecule has 0 bridgehead atoms. The highest BCUT2D eigenvalue weighted by molar-refractivity contribution is 5.34. The maximum absolute atomic E-state index is 6.14. The van der Waals surface area contributed by atoms with Gasteiger partial charge in [-0.2, -0.15) is 0 Å². The molecule has 4 heterocycles. The predicted molar refractivity (Wildman–Crippen MR) is 103 cm³/mol. The van der Waals surface area contributed by atoms with Crippen molar-refractivity contribution in [1.82, 2.24) is 10.2 Å². The van der Waals surface area contributed by atoms with Crippen LogP contribution in [0.15, 0.2) is 24.3 Å². The molecule has 1 N–H and O–H groups in total. The van der Waals surface area contributed by atoms with Crippen molar-refractivity contribution < 1.29 is 9.47 Å². The maximum Gasteiger partial charge on any atom is 0.0946 e. The Bertz CT molecular complexity index is 616. The van der Waals surface area contributed by atoms with Crippen LogP contribution in [0, 0.1) is 0 Å². The molecule has 1 spiro atoms. The van der Waals surface area contributed by atoms with E-state index in [0.717, 1.165) is 38.8 Å². The summed E-state index contributed by atoms with van der Waals surface area (Å²) in [7, 11) is 0. The standard InChI is InChI=1S/C22H32N2O2/c1-2-4-21(18-7-11-25-12-8-18)20(3-1)17-5-9-24(10-6-17)19-13-22(26-14-19)15-23-16-22/h1-4,17-19,23H,5-16H2/t19-/m0/s1. The fraction of sp³-hybridized carbons (Fsp3) is 0.727. The Morgan fingerprint density at radius 3 is 2.15 bits per heavy atom. The van der Waals surface area contributed by atoms with Gasteiger partial charge in [0, 0.05) is 32.3 Å². The van der Waals surface area contributed by atoms with E-state index in [1.54, 1.807) is 11.1 Å². The molecule has 4 heteroatoms. The van der Waals surface area contributed by atoms with Crippen LogP contribution in [-0.2, 0) is 9.47 Å². The molecule has 0 unspecified atom stereocenters. The molecule has 0 amide bonds. The van der Waals surface area contributed by atoms with Crippen molar-refractivity contribution in [2.75, 3.05) is 46.0 Å². The zero-order valence-corrected chi connectivity index (χ0v) is 15.8. The van der Waals surface area contributed by atoms with E-state index in [4.69, 9.17) is 9.47 Å². The lowest BCUT2D eigenvalue weighted by atomic mass is 9.80. The quantitative estimate of drug-likeness (QED) is 0.903. The van der Waals surface area contributed by atoms with Crippen LogP contribution in [0.25, 0.3) is 0 Å². The Hall–Kier alpha value is -0.940. The number of nitrogens with one attached hydrogen (secondary N) is 1. The summed E-state index contributed by atoms with van der Waals surface area (Å²) in [6.45, 7) is 7.35. The number of rotatable bonds is 3. The molecule has 1 atom stereocenters. The first kappa shape index (κ1) is 17.2. The van der Waals surface area contributed by atoms with Crippen LogP contribution in [-0.4, -0.2) is 62.5 Å². The highest BCUT2D eigenvalue weighted by Gasteiger charge is 2.47. The van der Waals surface area contributed by atoms with Crippen molar-refractivity contribution >= 4 is 0 Å². The molecule has 0 aromatic heterocycles. The largest absolute Gasteiger partial charge is 0.381 e. The highest BCUT2D eigenvalue weighted by Crippen LogP contribution is 2.39. The average molecular weight is 357 g/mol. The Balaban J connectivity index is 1.23. The molecule has 4 saturated heterocycles. The number of ether oxygens (including phenoxy) is 2. The van der Waals surface area contributed by atoms with E-state index in [-0.39, 0.29) is 5.60 Å². The van der Waals surface area contributed by atoms with Crippen molar-refractivity contribution in [2.24, 2.45) is 0 Å². The minimum Gasteiger partial charge on any atom is -0.381 e. The van der Waals surface area contributed by atoms with Crippen molar-refractivity contribution in [3.63, 3.8) is 0 Å². The van der Waals surface area contributed by atoms with Crippen molar-refractivity contribution in [1.29, 1.82) is 0 Å². The van der Waals surface area contributed by atoms with E-state index in [1.165, 1.54) is 45.2 Å². The second kappa shape index (κ2) is 7.23. The molecular formula is C22H32N2O2. The van der Waals surface area contributed by atoms with Gasteiger partial charge in [0.05, 0.1) is 12.2 Å². The monoisotopic (exact) mass is 356 g/mol. The summed E-state index contributed by atoms with van der Waals surface area (Å²) in [5.41, 5.74) is 3.41. The lowest BCUT2D eigenvalue weighted by Gasteiger charge is -2.40. The predicted octanol–water partition coefficient (Wildman–Crippen LogP) is 2.89. The van der Waals surface area contributed by atoms with Gasteiger partial charge in [0.15, 0.2) is 0 Å². The molecule has 1 aromatic rings. The molecule has 4 nitrogen and oxygen atoms in total. The van der Waals surface area contributed by atoms with Crippen LogP contribution < -0.4 is 5.32 Å². The van der Waals surface area contributed by atoms with Gasteiger partial charge < -0.3 is 14.8 Å². The van der Waals surface area contributed by atoms with Crippen molar-refractivity contribution in [3.05, 3.63) is 35.4 Å². The van der Waals surface area contributed by atoms with Gasteiger partial charge in [0.1, 0.15) is 0 Å². The molecular weight excluding hydrogens is 324 g/mol. The van der Waals surface area contributed by atoms with Gasteiger partial charge in [-0.3, -0.25) is 4.90 Å². The summed E-state index contributed by atoms with van der Waals surface area (Å²) < 4.78 is 11.7. The fourth-order valence-corrected chi connectivity index (χ4v) is 5.54. The summed E-state index contributed by atoms with van der Waals surface area (Å²) >= 11 is 0. The number of hydrogen-bond acceptors (Lipinski definition) is 4. The molecule has 0 radical (unpaired) electrons. The zero-order chi connectivity index (χ0) is 17.4. The van der Waals surface area contributed by atoms with E-state index in [1.807, 2.05) is 0 Å². The zero-order valence-electron chi connectivity index (χ0n) is 15.8. The van der Waals surface area contributed by atoms with E-state index < -0.39 is 0 Å². The second-order valence-corrected chi connectivity index (χ2v) is 8.78. The van der Waals surface area contributed by atoms with Gasteiger partial charge in [-0.15, -0.1) is 0 Å². The molecule has 4 aliphatic rings. The van der Waals surface area contributed by atoms with Gasteiger partial charge in [0.25, 0.3) is 0 Å². The number of benzene rings is 1. The van der Waals surface area contributed by atoms with E-state index >= 15 is 0 Å². The lowest BCUT2D eigenvalue weighted by Crippen LogP contribution is -2.59. The third-order valence-corrected chi connectivity index (χ3v) is 7.23. The van der Waals surface area contributed by atoms with Crippen LogP contribution in [0.5, 0.6) is 0 Å². The Kier molecular flexibility index (Phi) is 4.78. The fourth-order valence-electron chi connectivity index (χ4n) is 5.54. The molecule has 4 aliphatic heterocycles. The van der Waals surface area contributed by atoms with Gasteiger partial charge in [-0.1, -0.05) is 24.3 Å². The molecule has 1 aromatic carbocycles. The highest BCUT2D eigenvalue weighted by atomic mass is 16.5. The molecule has 5 rings (SSSR count). The summed E-state index contributed by atoms with van der Waals surface area (Å²) in [5.74, 6) is 1.43. The first-order chi connectivity index (χ1) is 12.8.